The van der Waals surface area contributed by atoms with E-state index in [0.717, 1.165) is 30.8 Å². The van der Waals surface area contributed by atoms with Gasteiger partial charge >= 0.3 is 5.97 Å². The maximum absolute atomic E-state index is 11.8. The Balaban J connectivity index is 1.72. The minimum Gasteiger partial charge on any atom is -0.464 e. The molecular weight excluding hydrogens is 356 g/mol. The van der Waals surface area contributed by atoms with Crippen molar-refractivity contribution < 1.29 is 17.9 Å². The molecule has 0 spiro atoms. The summed E-state index contributed by atoms with van der Waals surface area (Å²) in [5, 5.41) is 4.31. The molecule has 1 aromatic carbocycles. The van der Waals surface area contributed by atoms with Crippen molar-refractivity contribution in [1.29, 1.82) is 0 Å². The molecule has 1 N–H and O–H groups in total. The number of nitrogens with one attached hydrogen (secondary N) is 1. The van der Waals surface area contributed by atoms with Gasteiger partial charge in [0.25, 0.3) is 0 Å². The van der Waals surface area contributed by atoms with Gasteiger partial charge in [0.15, 0.2) is 5.69 Å². The van der Waals surface area contributed by atoms with Crippen LogP contribution in [0, 0.1) is 0 Å². The number of methoxy groups -OCH3 is 1. The number of aromatic nitrogens is 2. The highest BCUT2D eigenvalue weighted by Crippen LogP contribution is 2.18. The summed E-state index contributed by atoms with van der Waals surface area (Å²) in [6.07, 6.45) is 0.918. The molecule has 1 aromatic heterocycles. The fraction of sp³-hybridized carbons (Fsp3) is 0.412. The van der Waals surface area contributed by atoms with E-state index in [2.05, 4.69) is 14.7 Å². The number of fused-ring (bicyclic) bond motifs is 1. The van der Waals surface area contributed by atoms with E-state index in [4.69, 9.17) is 4.74 Å². The lowest BCUT2D eigenvalue weighted by atomic mass is 10.2. The van der Waals surface area contributed by atoms with Crippen LogP contribution in [0.4, 0.5) is 0 Å². The summed E-state index contributed by atoms with van der Waals surface area (Å²) in [7, 11) is -0.681. The molecule has 0 saturated heterocycles. The zero-order valence-electron chi connectivity index (χ0n) is 14.8. The summed E-state index contributed by atoms with van der Waals surface area (Å²) in [5.41, 5.74) is 2.32. The van der Waals surface area contributed by atoms with Crippen LogP contribution in [0.3, 0.4) is 0 Å². The second-order valence-electron chi connectivity index (χ2n) is 6.15. The Morgan fingerprint density at radius 1 is 1.27 bits per heavy atom. The minimum atomic E-state index is -3.42. The van der Waals surface area contributed by atoms with Crippen molar-refractivity contribution in [3.63, 3.8) is 0 Å². The molecule has 0 radical (unpaired) electrons. The van der Waals surface area contributed by atoms with E-state index >= 15 is 0 Å². The van der Waals surface area contributed by atoms with E-state index in [1.165, 1.54) is 14.2 Å². The maximum atomic E-state index is 11.8. The average Bonchev–Trinajstić information content (AvgIpc) is 2.95. The van der Waals surface area contributed by atoms with Crippen molar-refractivity contribution in [3.05, 3.63) is 47.3 Å². The Morgan fingerprint density at radius 3 is 2.65 bits per heavy atom. The van der Waals surface area contributed by atoms with Crippen molar-refractivity contribution in [2.75, 3.05) is 20.7 Å². The largest absolute Gasteiger partial charge is 0.464 e. The van der Waals surface area contributed by atoms with E-state index in [0.29, 0.717) is 18.8 Å². The molecular formula is C17H22N4O4S. The quantitative estimate of drug-likeness (QED) is 0.780. The van der Waals surface area contributed by atoms with E-state index in [1.807, 2.05) is 16.8 Å². The number of aryl methyl sites for hydroxylation is 1. The Bertz CT molecular complexity index is 890. The molecule has 3 rings (SSSR count). The summed E-state index contributed by atoms with van der Waals surface area (Å²) in [5.74, 6) is -0.432. The van der Waals surface area contributed by atoms with Crippen LogP contribution >= 0.6 is 0 Å². The lowest BCUT2D eigenvalue weighted by molar-refractivity contribution is 0.0593. The van der Waals surface area contributed by atoms with Gasteiger partial charge in [-0.25, -0.2) is 17.9 Å². The molecule has 2 heterocycles. The Hall–Kier alpha value is -2.23. The third-order valence-corrected chi connectivity index (χ3v) is 5.83. The van der Waals surface area contributed by atoms with Gasteiger partial charge in [0.05, 0.1) is 17.7 Å². The van der Waals surface area contributed by atoms with Gasteiger partial charge in [0, 0.05) is 26.2 Å². The Labute approximate surface area is 152 Å². The van der Waals surface area contributed by atoms with Crippen LogP contribution in [-0.2, 0) is 34.4 Å². The number of ether oxygens (including phenoxy) is 1. The van der Waals surface area contributed by atoms with Gasteiger partial charge in [-0.05, 0) is 37.2 Å². The van der Waals surface area contributed by atoms with Crippen LogP contribution in [-0.4, -0.2) is 49.8 Å². The van der Waals surface area contributed by atoms with Crippen molar-refractivity contribution in [2.45, 2.75) is 31.0 Å². The molecule has 0 aliphatic carbocycles. The van der Waals surface area contributed by atoms with Gasteiger partial charge in [0.2, 0.25) is 10.0 Å². The smallest absolute Gasteiger partial charge is 0.358 e. The van der Waals surface area contributed by atoms with Crippen LogP contribution in [0.1, 0.15) is 28.2 Å². The third kappa shape index (κ3) is 3.95. The minimum absolute atomic E-state index is 0.250. The number of hydrogen-bond donors (Lipinski definition) is 1. The van der Waals surface area contributed by atoms with Gasteiger partial charge in [-0.15, -0.1) is 0 Å². The van der Waals surface area contributed by atoms with Crippen molar-refractivity contribution in [2.24, 2.45) is 0 Å². The zero-order valence-corrected chi connectivity index (χ0v) is 15.6. The first-order chi connectivity index (χ1) is 12.4. The zero-order chi connectivity index (χ0) is 18.7. The predicted molar refractivity (Wildman–Crippen MR) is 95.0 cm³/mol. The number of carbonyl (C=O) groups is 1. The van der Waals surface area contributed by atoms with E-state index in [1.54, 1.807) is 18.2 Å². The summed E-state index contributed by atoms with van der Waals surface area (Å²) >= 11 is 0. The predicted octanol–water partition coefficient (Wildman–Crippen LogP) is 0.984. The van der Waals surface area contributed by atoms with E-state index in [9.17, 15) is 13.2 Å². The number of benzene rings is 1. The number of esters is 1. The van der Waals surface area contributed by atoms with Crippen molar-refractivity contribution in [1.82, 2.24) is 19.4 Å². The monoisotopic (exact) mass is 378 g/mol. The number of rotatable bonds is 5. The first kappa shape index (κ1) is 18.6. The number of hydrogen-bond acceptors (Lipinski definition) is 6. The van der Waals surface area contributed by atoms with Crippen LogP contribution in [0.2, 0.25) is 0 Å². The van der Waals surface area contributed by atoms with Crippen LogP contribution in [0.25, 0.3) is 0 Å². The standard InChI is InChI=1S/C17H22N4O4S/c1-18-26(23,24)15-6-4-13(5-7-15)11-20-8-3-9-21-14(12-20)10-16(19-21)17(22)25-2/h4-7,10,18H,3,8-9,11-12H2,1-2H3. The first-order valence-electron chi connectivity index (χ1n) is 8.33. The SMILES string of the molecule is CNS(=O)(=O)c1ccc(CN2CCCn3nc(C(=O)OC)cc3C2)cc1. The van der Waals surface area contributed by atoms with Gasteiger partial charge < -0.3 is 4.74 Å². The first-order valence-corrected chi connectivity index (χ1v) is 9.81. The Morgan fingerprint density at radius 2 is 2.00 bits per heavy atom. The van der Waals surface area contributed by atoms with Gasteiger partial charge in [-0.1, -0.05) is 12.1 Å². The highest BCUT2D eigenvalue weighted by molar-refractivity contribution is 7.89. The lowest BCUT2D eigenvalue weighted by Gasteiger charge is -2.19. The normalized spacial score (nSPS) is 15.3. The Kier molecular flexibility index (Phi) is 5.40. The topological polar surface area (TPSA) is 93.5 Å². The molecule has 2 aromatic rings. The lowest BCUT2D eigenvalue weighted by Crippen LogP contribution is -2.23. The van der Waals surface area contributed by atoms with Crippen molar-refractivity contribution in [3.8, 4) is 0 Å². The number of carbonyl (C=O) groups excluding carboxylic acids is 1. The molecule has 1 aliphatic rings. The molecule has 0 fully saturated rings. The van der Waals surface area contributed by atoms with Crippen LogP contribution in [0.5, 0.6) is 0 Å². The molecule has 9 heteroatoms. The highest BCUT2D eigenvalue weighted by atomic mass is 32.2. The van der Waals surface area contributed by atoms with Gasteiger partial charge in [-0.3, -0.25) is 9.58 Å². The number of nitrogens with zero attached hydrogens (tertiary/aromatic N) is 3. The molecule has 0 amide bonds. The molecule has 8 nitrogen and oxygen atoms in total. The highest BCUT2D eigenvalue weighted by Gasteiger charge is 2.20. The third-order valence-electron chi connectivity index (χ3n) is 4.40. The summed E-state index contributed by atoms with van der Waals surface area (Å²) < 4.78 is 32.5. The van der Waals surface area contributed by atoms with Gasteiger partial charge in [-0.2, -0.15) is 5.10 Å². The van der Waals surface area contributed by atoms with E-state index < -0.39 is 16.0 Å². The summed E-state index contributed by atoms with van der Waals surface area (Å²) in [4.78, 5) is 14.2. The van der Waals surface area contributed by atoms with E-state index in [-0.39, 0.29) is 4.90 Å². The molecule has 140 valence electrons. The second kappa shape index (κ2) is 7.56. The summed E-state index contributed by atoms with van der Waals surface area (Å²) in [6.45, 7) is 3.01. The summed E-state index contributed by atoms with van der Waals surface area (Å²) in [6, 6.07) is 8.64. The van der Waals surface area contributed by atoms with Crippen LogP contribution in [0.15, 0.2) is 35.2 Å². The molecule has 1 aliphatic heterocycles. The molecule has 0 saturated carbocycles. The molecule has 0 atom stereocenters. The van der Waals surface area contributed by atoms with Crippen molar-refractivity contribution >= 4 is 16.0 Å². The van der Waals surface area contributed by atoms with Gasteiger partial charge in [0.1, 0.15) is 0 Å². The number of sulfonamides is 1. The second-order valence-corrected chi connectivity index (χ2v) is 8.04. The molecule has 0 bridgehead atoms. The fourth-order valence-corrected chi connectivity index (χ4v) is 3.75. The average molecular weight is 378 g/mol. The molecule has 26 heavy (non-hydrogen) atoms. The molecule has 0 unspecified atom stereocenters. The fourth-order valence-electron chi connectivity index (χ4n) is 3.02. The maximum Gasteiger partial charge on any atom is 0.358 e. The van der Waals surface area contributed by atoms with Crippen LogP contribution < -0.4 is 4.72 Å².